The SMILES string of the molecule is CCOC(=O)C(N=C(c1ccccc1)c1ccccc1)[C@@H]1C[C@H]2CO[C@H](c3ccccc3)N2C1=O. The highest BCUT2D eigenvalue weighted by Crippen LogP contribution is 2.41. The largest absolute Gasteiger partial charge is 0.464 e. The van der Waals surface area contributed by atoms with Gasteiger partial charge in [-0.15, -0.1) is 0 Å². The quantitative estimate of drug-likeness (QED) is 0.381. The number of esters is 1. The van der Waals surface area contributed by atoms with Gasteiger partial charge in [-0.25, -0.2) is 4.79 Å². The molecule has 1 unspecified atom stereocenters. The number of benzene rings is 3. The maximum absolute atomic E-state index is 13.7. The molecule has 0 N–H and O–H groups in total. The van der Waals surface area contributed by atoms with E-state index in [2.05, 4.69) is 0 Å². The highest BCUT2D eigenvalue weighted by atomic mass is 16.5. The molecular weight excluding hydrogens is 440 g/mol. The van der Waals surface area contributed by atoms with Crippen LogP contribution >= 0.6 is 0 Å². The summed E-state index contributed by atoms with van der Waals surface area (Å²) in [5, 5.41) is 0. The van der Waals surface area contributed by atoms with E-state index < -0.39 is 24.2 Å². The predicted octanol–water partition coefficient (Wildman–Crippen LogP) is 4.40. The number of ether oxygens (including phenoxy) is 2. The normalized spacial score (nSPS) is 21.9. The Labute approximate surface area is 205 Å². The number of carbonyl (C=O) groups excluding carboxylic acids is 2. The van der Waals surface area contributed by atoms with Crippen LogP contribution in [0.3, 0.4) is 0 Å². The Morgan fingerprint density at radius 3 is 2.11 bits per heavy atom. The van der Waals surface area contributed by atoms with Crippen molar-refractivity contribution in [1.82, 2.24) is 4.90 Å². The lowest BCUT2D eigenvalue weighted by molar-refractivity contribution is -0.150. The van der Waals surface area contributed by atoms with Crippen molar-refractivity contribution in [2.75, 3.05) is 13.2 Å². The molecule has 35 heavy (non-hydrogen) atoms. The van der Waals surface area contributed by atoms with Crippen LogP contribution in [0.4, 0.5) is 0 Å². The zero-order valence-corrected chi connectivity index (χ0v) is 19.6. The number of hydrogen-bond donors (Lipinski definition) is 0. The van der Waals surface area contributed by atoms with E-state index in [4.69, 9.17) is 14.5 Å². The molecule has 2 aliphatic heterocycles. The van der Waals surface area contributed by atoms with Gasteiger partial charge >= 0.3 is 5.97 Å². The summed E-state index contributed by atoms with van der Waals surface area (Å²) in [7, 11) is 0. The number of amides is 1. The van der Waals surface area contributed by atoms with Crippen molar-refractivity contribution in [3.63, 3.8) is 0 Å². The summed E-state index contributed by atoms with van der Waals surface area (Å²) in [5.41, 5.74) is 3.35. The van der Waals surface area contributed by atoms with E-state index in [0.717, 1.165) is 16.7 Å². The number of nitrogens with zero attached hydrogens (tertiary/aromatic N) is 2. The molecule has 2 fully saturated rings. The maximum Gasteiger partial charge on any atom is 0.331 e. The molecule has 3 aromatic carbocycles. The van der Waals surface area contributed by atoms with Crippen LogP contribution in [0.2, 0.25) is 0 Å². The fourth-order valence-corrected chi connectivity index (χ4v) is 4.94. The topological polar surface area (TPSA) is 68.2 Å². The summed E-state index contributed by atoms with van der Waals surface area (Å²) >= 11 is 0. The van der Waals surface area contributed by atoms with Crippen LogP contribution in [-0.2, 0) is 19.1 Å². The molecule has 4 atom stereocenters. The Kier molecular flexibility index (Phi) is 6.73. The highest BCUT2D eigenvalue weighted by Gasteiger charge is 2.52. The highest BCUT2D eigenvalue weighted by molar-refractivity contribution is 6.13. The molecule has 3 aromatic rings. The standard InChI is InChI=1S/C29H28N2O4/c1-2-34-29(33)26(30-25(20-12-6-3-7-13-20)21-14-8-4-9-15-21)24-18-23-19-35-28(31(23)27(24)32)22-16-10-5-11-17-22/h3-17,23-24,26,28H,2,18-19H2,1H3/t23-,24-,26?,28+/m0/s1. The third-order valence-corrected chi connectivity index (χ3v) is 6.55. The van der Waals surface area contributed by atoms with Crippen LogP contribution in [-0.4, -0.2) is 47.8 Å². The van der Waals surface area contributed by atoms with E-state index in [1.54, 1.807) is 11.8 Å². The summed E-state index contributed by atoms with van der Waals surface area (Å²) in [6, 6.07) is 28.1. The average Bonchev–Trinajstić information content (AvgIpc) is 3.46. The summed E-state index contributed by atoms with van der Waals surface area (Å²) < 4.78 is 11.4. The molecule has 6 nitrogen and oxygen atoms in total. The molecule has 0 aromatic heterocycles. The van der Waals surface area contributed by atoms with Crippen molar-refractivity contribution >= 4 is 17.6 Å². The third-order valence-electron chi connectivity index (χ3n) is 6.55. The Balaban J connectivity index is 1.53. The van der Waals surface area contributed by atoms with Gasteiger partial charge in [0.25, 0.3) is 0 Å². The molecule has 2 heterocycles. The number of rotatable bonds is 7. The van der Waals surface area contributed by atoms with Crippen molar-refractivity contribution in [2.45, 2.75) is 31.7 Å². The molecule has 0 radical (unpaired) electrons. The summed E-state index contributed by atoms with van der Waals surface area (Å²) in [4.78, 5) is 33.7. The lowest BCUT2D eigenvalue weighted by Crippen LogP contribution is -2.38. The van der Waals surface area contributed by atoms with Crippen LogP contribution in [0.1, 0.15) is 36.3 Å². The Morgan fingerprint density at radius 1 is 0.971 bits per heavy atom. The first-order chi connectivity index (χ1) is 17.2. The van der Waals surface area contributed by atoms with Gasteiger partial charge in [0, 0.05) is 16.7 Å². The molecule has 178 valence electrons. The molecule has 1 amide bonds. The second kappa shape index (κ2) is 10.2. The second-order valence-corrected chi connectivity index (χ2v) is 8.74. The zero-order chi connectivity index (χ0) is 24.2. The minimum Gasteiger partial charge on any atom is -0.464 e. The van der Waals surface area contributed by atoms with Crippen molar-refractivity contribution in [3.8, 4) is 0 Å². The first-order valence-electron chi connectivity index (χ1n) is 12.0. The van der Waals surface area contributed by atoms with Crippen molar-refractivity contribution < 1.29 is 19.1 Å². The first-order valence-corrected chi connectivity index (χ1v) is 12.0. The maximum atomic E-state index is 13.7. The second-order valence-electron chi connectivity index (χ2n) is 8.74. The Morgan fingerprint density at radius 2 is 1.54 bits per heavy atom. The molecule has 0 bridgehead atoms. The van der Waals surface area contributed by atoms with Crippen LogP contribution in [0, 0.1) is 5.92 Å². The van der Waals surface area contributed by atoms with Gasteiger partial charge in [-0.3, -0.25) is 9.79 Å². The van der Waals surface area contributed by atoms with Gasteiger partial charge in [-0.05, 0) is 13.3 Å². The van der Waals surface area contributed by atoms with Crippen molar-refractivity contribution in [2.24, 2.45) is 10.9 Å². The van der Waals surface area contributed by atoms with E-state index in [9.17, 15) is 9.59 Å². The van der Waals surface area contributed by atoms with Gasteiger partial charge in [0.1, 0.15) is 0 Å². The summed E-state index contributed by atoms with van der Waals surface area (Å²) in [5.74, 6) is -1.21. The molecule has 5 rings (SSSR count). The molecule has 6 heteroatoms. The fraction of sp³-hybridized carbons (Fsp3) is 0.276. The van der Waals surface area contributed by atoms with Gasteiger partial charge in [0.05, 0.1) is 30.9 Å². The molecular formula is C29H28N2O4. The number of carbonyl (C=O) groups is 2. The van der Waals surface area contributed by atoms with Gasteiger partial charge < -0.3 is 14.4 Å². The zero-order valence-electron chi connectivity index (χ0n) is 19.6. The van der Waals surface area contributed by atoms with Gasteiger partial charge in [0.2, 0.25) is 5.91 Å². The van der Waals surface area contributed by atoms with Crippen LogP contribution < -0.4 is 0 Å². The summed E-state index contributed by atoms with van der Waals surface area (Å²) in [6.45, 7) is 2.42. The monoisotopic (exact) mass is 468 g/mol. The Bertz CT molecular complexity index is 1160. The van der Waals surface area contributed by atoms with Gasteiger partial charge in [-0.1, -0.05) is 91.0 Å². The number of fused-ring (bicyclic) bond motifs is 1. The van der Waals surface area contributed by atoms with Crippen LogP contribution in [0.25, 0.3) is 0 Å². The smallest absolute Gasteiger partial charge is 0.331 e. The molecule has 0 spiro atoms. The van der Waals surface area contributed by atoms with E-state index in [1.165, 1.54) is 0 Å². The van der Waals surface area contributed by atoms with E-state index in [0.29, 0.717) is 18.7 Å². The van der Waals surface area contributed by atoms with Crippen molar-refractivity contribution in [3.05, 3.63) is 108 Å². The molecule has 2 aliphatic rings. The molecule has 0 saturated carbocycles. The lowest BCUT2D eigenvalue weighted by atomic mass is 9.94. The van der Waals surface area contributed by atoms with Gasteiger partial charge in [-0.2, -0.15) is 0 Å². The van der Waals surface area contributed by atoms with E-state index in [1.807, 2.05) is 91.0 Å². The number of aliphatic imine (C=N–C) groups is 1. The van der Waals surface area contributed by atoms with Crippen LogP contribution in [0.5, 0.6) is 0 Å². The Hall–Kier alpha value is -3.77. The minimum absolute atomic E-state index is 0.0956. The number of hydrogen-bond acceptors (Lipinski definition) is 5. The fourth-order valence-electron chi connectivity index (χ4n) is 4.94. The third kappa shape index (κ3) is 4.62. The van der Waals surface area contributed by atoms with Gasteiger partial charge in [0.15, 0.2) is 12.3 Å². The van der Waals surface area contributed by atoms with Crippen molar-refractivity contribution in [1.29, 1.82) is 0 Å². The summed E-state index contributed by atoms with van der Waals surface area (Å²) in [6.07, 6.45) is 0.0414. The average molecular weight is 469 g/mol. The predicted molar refractivity (Wildman–Crippen MR) is 133 cm³/mol. The molecule has 0 aliphatic carbocycles. The first kappa shape index (κ1) is 23.0. The molecule has 2 saturated heterocycles. The van der Waals surface area contributed by atoms with E-state index in [-0.39, 0.29) is 18.6 Å². The minimum atomic E-state index is -0.945. The lowest BCUT2D eigenvalue weighted by Gasteiger charge is -2.24. The van der Waals surface area contributed by atoms with E-state index >= 15 is 0 Å². The van der Waals surface area contributed by atoms with Crippen LogP contribution in [0.15, 0.2) is 96.0 Å².